The van der Waals surface area contributed by atoms with Crippen molar-refractivity contribution in [3.8, 4) is 0 Å². The number of ether oxygens (including phenoxy) is 1. The van der Waals surface area contributed by atoms with Gasteiger partial charge in [-0.05, 0) is 51.0 Å². The Morgan fingerprint density at radius 2 is 1.63 bits per heavy atom. The molecule has 5 rings (SSSR count). The van der Waals surface area contributed by atoms with Crippen LogP contribution in [-0.4, -0.2) is 44.7 Å². The first-order valence-electron chi connectivity index (χ1n) is 11.7. The van der Waals surface area contributed by atoms with Gasteiger partial charge in [0.2, 0.25) is 0 Å². The lowest BCUT2D eigenvalue weighted by molar-refractivity contribution is 0.0223. The standard InChI is InChI=1S/C27H28N4O4/c1-17-9-5-6-10-18(17)15-30-22-13-14-29(26(34)35-27(2,3)4)16-21(22)23(28-30)31-24(32)19-11-7-8-12-20(19)25(31)33/h5-12H,13-16H2,1-4H3. The summed E-state index contributed by atoms with van der Waals surface area (Å²) in [5.41, 5.74) is 3.94. The maximum Gasteiger partial charge on any atom is 0.410 e. The molecule has 8 nitrogen and oxygen atoms in total. The number of benzene rings is 2. The molecule has 3 amide bonds. The molecular weight excluding hydrogens is 444 g/mol. The number of rotatable bonds is 3. The summed E-state index contributed by atoms with van der Waals surface area (Å²) in [6, 6.07) is 14.8. The number of carbonyl (C=O) groups is 3. The maximum atomic E-state index is 13.3. The zero-order chi connectivity index (χ0) is 24.9. The second kappa shape index (κ2) is 8.37. The van der Waals surface area contributed by atoms with Crippen molar-refractivity contribution in [2.24, 2.45) is 0 Å². The molecule has 3 heterocycles. The molecule has 0 spiro atoms. The van der Waals surface area contributed by atoms with Crippen molar-refractivity contribution in [2.75, 3.05) is 11.4 Å². The summed E-state index contributed by atoms with van der Waals surface area (Å²) in [6.45, 7) is 8.69. The van der Waals surface area contributed by atoms with E-state index in [2.05, 4.69) is 0 Å². The van der Waals surface area contributed by atoms with Gasteiger partial charge in [0.25, 0.3) is 11.8 Å². The summed E-state index contributed by atoms with van der Waals surface area (Å²) in [4.78, 5) is 42.1. The molecule has 2 aliphatic heterocycles. The van der Waals surface area contributed by atoms with E-state index in [1.807, 2.05) is 56.6 Å². The second-order valence-corrected chi connectivity index (χ2v) is 9.98. The minimum atomic E-state index is -0.627. The number of amides is 3. The molecule has 0 atom stereocenters. The third-order valence-electron chi connectivity index (χ3n) is 6.35. The maximum absolute atomic E-state index is 13.3. The highest BCUT2D eigenvalue weighted by atomic mass is 16.6. The highest BCUT2D eigenvalue weighted by molar-refractivity contribution is 6.34. The number of aromatic nitrogens is 2. The first kappa shape index (κ1) is 22.8. The molecule has 0 bridgehead atoms. The van der Waals surface area contributed by atoms with Crippen molar-refractivity contribution >= 4 is 23.7 Å². The van der Waals surface area contributed by atoms with Crippen LogP contribution in [0.3, 0.4) is 0 Å². The third-order valence-corrected chi connectivity index (χ3v) is 6.35. The van der Waals surface area contributed by atoms with Gasteiger partial charge < -0.3 is 9.64 Å². The number of nitrogens with zero attached hydrogens (tertiary/aromatic N) is 4. The summed E-state index contributed by atoms with van der Waals surface area (Å²) in [6.07, 6.45) is 0.111. The van der Waals surface area contributed by atoms with Gasteiger partial charge in [-0.2, -0.15) is 5.10 Å². The van der Waals surface area contributed by atoms with Crippen molar-refractivity contribution in [1.82, 2.24) is 14.7 Å². The van der Waals surface area contributed by atoms with E-state index >= 15 is 0 Å². The fourth-order valence-electron chi connectivity index (χ4n) is 4.60. The predicted octanol–water partition coefficient (Wildman–Crippen LogP) is 4.33. The molecule has 0 radical (unpaired) electrons. The molecule has 0 unspecified atom stereocenters. The van der Waals surface area contributed by atoms with Crippen LogP contribution in [0.25, 0.3) is 0 Å². The van der Waals surface area contributed by atoms with Crippen LogP contribution in [0.1, 0.15) is 63.9 Å². The van der Waals surface area contributed by atoms with Gasteiger partial charge in [-0.1, -0.05) is 36.4 Å². The van der Waals surface area contributed by atoms with E-state index in [1.54, 1.807) is 29.2 Å². The monoisotopic (exact) mass is 472 g/mol. The molecule has 0 saturated heterocycles. The SMILES string of the molecule is Cc1ccccc1Cn1nc(N2C(=O)c3ccccc3C2=O)c2c1CCN(C(=O)OC(C)(C)C)C2. The molecule has 0 aliphatic carbocycles. The molecule has 8 heteroatoms. The Bertz CT molecular complexity index is 1320. The quantitative estimate of drug-likeness (QED) is 0.530. The molecule has 2 aliphatic rings. The number of hydrogen-bond acceptors (Lipinski definition) is 5. The fourth-order valence-corrected chi connectivity index (χ4v) is 4.60. The molecule has 0 N–H and O–H groups in total. The normalized spacial score (nSPS) is 15.3. The van der Waals surface area contributed by atoms with Crippen molar-refractivity contribution in [3.63, 3.8) is 0 Å². The molecule has 3 aromatic rings. The summed E-state index contributed by atoms with van der Waals surface area (Å²) in [7, 11) is 0. The average molecular weight is 473 g/mol. The van der Waals surface area contributed by atoms with Crippen molar-refractivity contribution in [2.45, 2.75) is 52.8 Å². The Balaban J connectivity index is 1.56. The zero-order valence-electron chi connectivity index (χ0n) is 20.4. The number of imide groups is 1. The van der Waals surface area contributed by atoms with E-state index in [1.165, 1.54) is 0 Å². The van der Waals surface area contributed by atoms with E-state index in [9.17, 15) is 14.4 Å². The fraction of sp³-hybridized carbons (Fsp3) is 0.333. The highest BCUT2D eigenvalue weighted by Crippen LogP contribution is 2.35. The highest BCUT2D eigenvalue weighted by Gasteiger charge is 2.41. The number of fused-ring (bicyclic) bond motifs is 2. The summed E-state index contributed by atoms with van der Waals surface area (Å²) in [5.74, 6) is -0.514. The van der Waals surface area contributed by atoms with Gasteiger partial charge in [0, 0.05) is 24.2 Å². The van der Waals surface area contributed by atoms with Crippen LogP contribution in [0, 0.1) is 6.92 Å². The van der Waals surface area contributed by atoms with Crippen LogP contribution >= 0.6 is 0 Å². The van der Waals surface area contributed by atoms with E-state index in [0.717, 1.165) is 21.7 Å². The zero-order valence-corrected chi connectivity index (χ0v) is 20.4. The first-order valence-corrected chi connectivity index (χ1v) is 11.7. The minimum Gasteiger partial charge on any atom is -0.444 e. The Hall–Kier alpha value is -3.94. The van der Waals surface area contributed by atoms with Crippen LogP contribution in [0.5, 0.6) is 0 Å². The lowest BCUT2D eigenvalue weighted by Gasteiger charge is -2.30. The van der Waals surface area contributed by atoms with E-state index in [-0.39, 0.29) is 12.4 Å². The molecule has 0 fully saturated rings. The van der Waals surface area contributed by atoms with Gasteiger partial charge in [-0.15, -0.1) is 0 Å². The molecule has 35 heavy (non-hydrogen) atoms. The molecule has 0 saturated carbocycles. The topological polar surface area (TPSA) is 84.7 Å². The molecule has 2 aromatic carbocycles. The number of anilines is 1. The van der Waals surface area contributed by atoms with E-state index < -0.39 is 23.5 Å². The van der Waals surface area contributed by atoms with Crippen LogP contribution < -0.4 is 4.90 Å². The summed E-state index contributed by atoms with van der Waals surface area (Å²) in [5, 5.41) is 4.78. The lowest BCUT2D eigenvalue weighted by atomic mass is 10.1. The first-order chi connectivity index (χ1) is 16.6. The lowest BCUT2D eigenvalue weighted by Crippen LogP contribution is -2.40. The van der Waals surface area contributed by atoms with Crippen LogP contribution in [-0.2, 0) is 24.2 Å². The third kappa shape index (κ3) is 4.09. The van der Waals surface area contributed by atoms with Crippen molar-refractivity contribution < 1.29 is 19.1 Å². The van der Waals surface area contributed by atoms with Crippen LogP contribution in [0.15, 0.2) is 48.5 Å². The van der Waals surface area contributed by atoms with Crippen molar-refractivity contribution in [3.05, 3.63) is 82.0 Å². The largest absolute Gasteiger partial charge is 0.444 e. The minimum absolute atomic E-state index is 0.209. The Morgan fingerprint density at radius 1 is 1.00 bits per heavy atom. The smallest absolute Gasteiger partial charge is 0.410 e. The number of carbonyl (C=O) groups excluding carboxylic acids is 3. The summed E-state index contributed by atoms with van der Waals surface area (Å²) < 4.78 is 7.45. The van der Waals surface area contributed by atoms with Crippen LogP contribution in [0.2, 0.25) is 0 Å². The van der Waals surface area contributed by atoms with Crippen molar-refractivity contribution in [1.29, 1.82) is 0 Å². The Kier molecular flexibility index (Phi) is 5.46. The van der Waals surface area contributed by atoms with Gasteiger partial charge >= 0.3 is 6.09 Å². The number of aryl methyl sites for hydroxylation is 1. The molecular formula is C27H28N4O4. The van der Waals surface area contributed by atoms with Gasteiger partial charge in [0.15, 0.2) is 5.82 Å². The van der Waals surface area contributed by atoms with Gasteiger partial charge in [0.1, 0.15) is 5.60 Å². The van der Waals surface area contributed by atoms with Crippen LogP contribution in [0.4, 0.5) is 10.6 Å². The van der Waals surface area contributed by atoms with Gasteiger partial charge in [0.05, 0.1) is 24.2 Å². The second-order valence-electron chi connectivity index (χ2n) is 9.98. The Labute approximate surface area is 204 Å². The molecule has 1 aromatic heterocycles. The predicted molar refractivity (Wildman–Crippen MR) is 130 cm³/mol. The van der Waals surface area contributed by atoms with E-state index in [4.69, 9.17) is 9.84 Å². The summed E-state index contributed by atoms with van der Waals surface area (Å²) >= 11 is 0. The molecule has 180 valence electrons. The van der Waals surface area contributed by atoms with Gasteiger partial charge in [-0.3, -0.25) is 14.3 Å². The van der Waals surface area contributed by atoms with Gasteiger partial charge in [-0.25, -0.2) is 9.69 Å². The Morgan fingerprint density at radius 3 is 2.26 bits per heavy atom. The number of hydrogen-bond donors (Lipinski definition) is 0. The van der Waals surface area contributed by atoms with E-state index in [0.29, 0.717) is 36.2 Å². The average Bonchev–Trinajstić information content (AvgIpc) is 3.28.